The standard InChI is InChI=1S/C42H45N5/c1-4-39-40(29-22-33-20-25-37(26-21-33)45(5-2)6-3)44-47(41-19-13-14-30-43-41)42(39)36-23-27-38(28-24-36)46(31-34-15-9-7-10-16-34)32-35-17-11-8-12-18-35/h7-30,39,42H,4-6,31-32H2,1-3H3. The molecule has 5 aromatic rings. The van der Waals surface area contributed by atoms with Crippen LogP contribution < -0.4 is 14.8 Å². The van der Waals surface area contributed by atoms with Crippen molar-refractivity contribution in [2.45, 2.75) is 46.3 Å². The summed E-state index contributed by atoms with van der Waals surface area (Å²) in [7, 11) is 0. The predicted octanol–water partition coefficient (Wildman–Crippen LogP) is 9.79. The SMILES string of the molecule is CCC1C(C=Cc2ccc(N(CC)CC)cc2)=NN(c2ccccn2)C1c1ccc(N(Cc2ccccc2)Cc2ccccc2)cc1. The fourth-order valence-electron chi connectivity index (χ4n) is 6.53. The number of hydrogen-bond donors (Lipinski definition) is 0. The quantitative estimate of drug-likeness (QED) is 0.131. The van der Waals surface area contributed by atoms with Crippen molar-refractivity contribution < 1.29 is 0 Å². The molecule has 238 valence electrons. The van der Waals surface area contributed by atoms with E-state index in [1.54, 1.807) is 0 Å². The molecule has 1 aliphatic heterocycles. The van der Waals surface area contributed by atoms with Gasteiger partial charge < -0.3 is 9.80 Å². The number of aromatic nitrogens is 1. The minimum atomic E-state index is 0.0466. The second-order valence-corrected chi connectivity index (χ2v) is 12.0. The van der Waals surface area contributed by atoms with Crippen molar-refractivity contribution in [3.8, 4) is 0 Å². The van der Waals surface area contributed by atoms with Crippen molar-refractivity contribution in [3.63, 3.8) is 0 Å². The topological polar surface area (TPSA) is 35.0 Å². The summed E-state index contributed by atoms with van der Waals surface area (Å²) in [6.07, 6.45) is 7.21. The van der Waals surface area contributed by atoms with Crippen molar-refractivity contribution in [2.24, 2.45) is 11.0 Å². The molecule has 5 heteroatoms. The number of benzene rings is 4. The summed E-state index contributed by atoms with van der Waals surface area (Å²) >= 11 is 0. The zero-order valence-electron chi connectivity index (χ0n) is 27.8. The van der Waals surface area contributed by atoms with Crippen LogP contribution in [0.1, 0.15) is 55.5 Å². The van der Waals surface area contributed by atoms with Gasteiger partial charge >= 0.3 is 0 Å². The molecule has 2 heterocycles. The molecule has 47 heavy (non-hydrogen) atoms. The molecule has 1 aromatic heterocycles. The Morgan fingerprint density at radius 2 is 1.19 bits per heavy atom. The van der Waals surface area contributed by atoms with E-state index in [1.807, 2.05) is 18.3 Å². The lowest BCUT2D eigenvalue weighted by atomic mass is 9.87. The number of hydrazone groups is 1. The maximum atomic E-state index is 5.21. The third-order valence-electron chi connectivity index (χ3n) is 9.07. The molecule has 4 aromatic carbocycles. The lowest BCUT2D eigenvalue weighted by molar-refractivity contribution is 0.534. The molecule has 0 spiro atoms. The number of rotatable bonds is 13. The molecule has 0 bridgehead atoms. The Morgan fingerprint density at radius 3 is 1.74 bits per heavy atom. The highest BCUT2D eigenvalue weighted by atomic mass is 15.5. The summed E-state index contributed by atoms with van der Waals surface area (Å²) in [4.78, 5) is 9.54. The summed E-state index contributed by atoms with van der Waals surface area (Å²) in [5, 5.41) is 7.33. The van der Waals surface area contributed by atoms with E-state index in [0.29, 0.717) is 0 Å². The molecular weight excluding hydrogens is 574 g/mol. The van der Waals surface area contributed by atoms with Crippen LogP contribution in [0.4, 0.5) is 17.2 Å². The van der Waals surface area contributed by atoms with E-state index in [2.05, 4.69) is 163 Å². The molecular formula is C42H45N5. The largest absolute Gasteiger partial charge is 0.372 e. The third-order valence-corrected chi connectivity index (χ3v) is 9.07. The first-order valence-corrected chi connectivity index (χ1v) is 16.9. The molecule has 0 amide bonds. The van der Waals surface area contributed by atoms with E-state index in [-0.39, 0.29) is 12.0 Å². The Kier molecular flexibility index (Phi) is 10.4. The van der Waals surface area contributed by atoms with Gasteiger partial charge in [0.1, 0.15) is 5.82 Å². The lowest BCUT2D eigenvalue weighted by Crippen LogP contribution is -2.26. The molecule has 0 fully saturated rings. The van der Waals surface area contributed by atoms with Gasteiger partial charge in [-0.15, -0.1) is 0 Å². The summed E-state index contributed by atoms with van der Waals surface area (Å²) < 4.78 is 0. The second-order valence-electron chi connectivity index (χ2n) is 12.0. The molecule has 2 unspecified atom stereocenters. The van der Waals surface area contributed by atoms with Gasteiger partial charge in [0.25, 0.3) is 0 Å². The van der Waals surface area contributed by atoms with Crippen molar-refractivity contribution in [2.75, 3.05) is 27.9 Å². The summed E-state index contributed by atoms with van der Waals surface area (Å²) in [6, 6.07) is 45.5. The summed E-state index contributed by atoms with van der Waals surface area (Å²) in [5.41, 5.74) is 8.54. The van der Waals surface area contributed by atoms with Gasteiger partial charge in [-0.2, -0.15) is 5.10 Å². The highest BCUT2D eigenvalue weighted by molar-refractivity contribution is 6.02. The number of allylic oxidation sites excluding steroid dienone is 1. The van der Waals surface area contributed by atoms with Crippen molar-refractivity contribution in [3.05, 3.63) is 162 Å². The van der Waals surface area contributed by atoms with Gasteiger partial charge in [0.2, 0.25) is 0 Å². The average molecular weight is 620 g/mol. The van der Waals surface area contributed by atoms with Gasteiger partial charge in [-0.05, 0) is 85.0 Å². The van der Waals surface area contributed by atoms with Crippen LogP contribution >= 0.6 is 0 Å². The molecule has 0 N–H and O–H groups in total. The molecule has 0 saturated carbocycles. The van der Waals surface area contributed by atoms with Crippen LogP contribution in [-0.4, -0.2) is 23.8 Å². The fourth-order valence-corrected chi connectivity index (χ4v) is 6.53. The molecule has 1 aliphatic rings. The Labute approximate surface area is 280 Å². The predicted molar refractivity (Wildman–Crippen MR) is 199 cm³/mol. The number of anilines is 3. The van der Waals surface area contributed by atoms with Gasteiger partial charge in [0.15, 0.2) is 0 Å². The Morgan fingerprint density at radius 1 is 0.617 bits per heavy atom. The van der Waals surface area contributed by atoms with Crippen LogP contribution in [0.2, 0.25) is 0 Å². The molecule has 0 radical (unpaired) electrons. The Bertz CT molecular complexity index is 1690. The van der Waals surface area contributed by atoms with E-state index in [9.17, 15) is 0 Å². The number of hydrogen-bond acceptors (Lipinski definition) is 5. The maximum absolute atomic E-state index is 5.21. The first-order chi connectivity index (χ1) is 23.2. The average Bonchev–Trinajstić information content (AvgIpc) is 3.51. The van der Waals surface area contributed by atoms with Crippen molar-refractivity contribution in [1.29, 1.82) is 0 Å². The molecule has 0 saturated heterocycles. The van der Waals surface area contributed by atoms with Crippen LogP contribution in [-0.2, 0) is 13.1 Å². The second kappa shape index (κ2) is 15.4. The zero-order valence-corrected chi connectivity index (χ0v) is 27.8. The van der Waals surface area contributed by atoms with Gasteiger partial charge in [-0.25, -0.2) is 9.99 Å². The van der Waals surface area contributed by atoms with Gasteiger partial charge in [0.05, 0.1) is 11.8 Å². The summed E-state index contributed by atoms with van der Waals surface area (Å²) in [5.74, 6) is 1.08. The van der Waals surface area contributed by atoms with Crippen LogP contribution in [0.15, 0.2) is 145 Å². The lowest BCUT2D eigenvalue weighted by Gasteiger charge is -2.29. The molecule has 6 rings (SSSR count). The van der Waals surface area contributed by atoms with E-state index < -0.39 is 0 Å². The number of pyridine rings is 1. The van der Waals surface area contributed by atoms with Gasteiger partial charge in [-0.1, -0.05) is 104 Å². The van der Waals surface area contributed by atoms with E-state index in [1.165, 1.54) is 33.6 Å². The molecule has 5 nitrogen and oxygen atoms in total. The van der Waals surface area contributed by atoms with Crippen LogP contribution in [0, 0.1) is 5.92 Å². The van der Waals surface area contributed by atoms with Crippen molar-refractivity contribution >= 4 is 29.0 Å². The zero-order chi connectivity index (χ0) is 32.4. The normalized spacial score (nSPS) is 16.0. The Hall–Kier alpha value is -5.16. The van der Waals surface area contributed by atoms with Crippen LogP contribution in [0.5, 0.6) is 0 Å². The van der Waals surface area contributed by atoms with Gasteiger partial charge in [-0.3, -0.25) is 0 Å². The first kappa shape index (κ1) is 31.8. The highest BCUT2D eigenvalue weighted by Crippen LogP contribution is 2.41. The highest BCUT2D eigenvalue weighted by Gasteiger charge is 2.37. The van der Waals surface area contributed by atoms with E-state index >= 15 is 0 Å². The van der Waals surface area contributed by atoms with E-state index in [4.69, 9.17) is 10.1 Å². The minimum absolute atomic E-state index is 0.0466. The van der Waals surface area contributed by atoms with Crippen LogP contribution in [0.25, 0.3) is 6.08 Å². The number of nitrogens with zero attached hydrogens (tertiary/aromatic N) is 5. The van der Waals surface area contributed by atoms with Crippen molar-refractivity contribution in [1.82, 2.24) is 4.98 Å². The third kappa shape index (κ3) is 7.63. The molecule has 2 atom stereocenters. The molecule has 0 aliphatic carbocycles. The maximum Gasteiger partial charge on any atom is 0.149 e. The monoisotopic (exact) mass is 619 g/mol. The van der Waals surface area contributed by atoms with Crippen LogP contribution in [0.3, 0.4) is 0 Å². The Balaban J connectivity index is 1.28. The van der Waals surface area contributed by atoms with Gasteiger partial charge in [0, 0.05) is 49.7 Å². The summed E-state index contributed by atoms with van der Waals surface area (Å²) in [6.45, 7) is 10.3. The fraction of sp³-hybridized carbons (Fsp3) is 0.238. The minimum Gasteiger partial charge on any atom is -0.372 e. The van der Waals surface area contributed by atoms with E-state index in [0.717, 1.165) is 44.1 Å². The smallest absolute Gasteiger partial charge is 0.149 e. The first-order valence-electron chi connectivity index (χ1n) is 16.9.